The van der Waals surface area contributed by atoms with E-state index in [4.69, 9.17) is 11.6 Å². The zero-order chi connectivity index (χ0) is 18.4. The minimum absolute atomic E-state index is 0.0197. The molecule has 0 saturated carbocycles. The van der Waals surface area contributed by atoms with E-state index in [1.165, 1.54) is 32.4 Å². The number of nitrogens with zero attached hydrogens (tertiary/aromatic N) is 1. The minimum atomic E-state index is -0.186. The summed E-state index contributed by atoms with van der Waals surface area (Å²) in [5, 5.41) is 6.47. The third kappa shape index (κ3) is 5.35. The Kier molecular flexibility index (Phi) is 6.74. The molecule has 3 N–H and O–H groups in total. The number of carbonyl (C=O) groups is 2. The van der Waals surface area contributed by atoms with E-state index in [0.29, 0.717) is 24.5 Å². The predicted molar refractivity (Wildman–Crippen MR) is 103 cm³/mol. The van der Waals surface area contributed by atoms with Crippen molar-refractivity contribution in [3.05, 3.63) is 29.3 Å². The lowest BCUT2D eigenvalue weighted by molar-refractivity contribution is -0.904. The quantitative estimate of drug-likeness (QED) is 0.650. The zero-order valence-corrected chi connectivity index (χ0v) is 15.9. The number of rotatable bonds is 6. The largest absolute Gasteiger partial charge is 0.338 e. The number of nitrogens with one attached hydrogen (secondary N) is 3. The summed E-state index contributed by atoms with van der Waals surface area (Å²) in [4.78, 5) is 27.6. The highest BCUT2D eigenvalue weighted by Gasteiger charge is 2.31. The van der Waals surface area contributed by atoms with Crippen molar-refractivity contribution in [3.8, 4) is 0 Å². The lowest BCUT2D eigenvalue weighted by atomic mass is 10.1. The first-order chi connectivity index (χ1) is 12.6. The van der Waals surface area contributed by atoms with Gasteiger partial charge in [-0.05, 0) is 43.5 Å². The first-order valence-corrected chi connectivity index (χ1v) is 9.93. The Balaban J connectivity index is 1.36. The second-order valence-corrected chi connectivity index (χ2v) is 7.63. The van der Waals surface area contributed by atoms with E-state index >= 15 is 0 Å². The Hall–Kier alpha value is -1.79. The zero-order valence-electron chi connectivity index (χ0n) is 15.1. The molecule has 142 valence electrons. The normalized spacial score (nSPS) is 21.0. The van der Waals surface area contributed by atoms with Gasteiger partial charge >= 0.3 is 6.03 Å². The van der Waals surface area contributed by atoms with Crippen LogP contribution in [-0.4, -0.2) is 50.7 Å². The van der Waals surface area contributed by atoms with E-state index < -0.39 is 0 Å². The lowest BCUT2D eigenvalue weighted by Gasteiger charge is -2.23. The van der Waals surface area contributed by atoms with Gasteiger partial charge in [-0.15, -0.1) is 0 Å². The third-order valence-electron chi connectivity index (χ3n) is 5.15. The Labute approximate surface area is 159 Å². The number of halogens is 1. The lowest BCUT2D eigenvalue weighted by Crippen LogP contribution is -3.12. The Morgan fingerprint density at radius 2 is 1.92 bits per heavy atom. The van der Waals surface area contributed by atoms with Crippen LogP contribution in [0.4, 0.5) is 10.5 Å². The summed E-state index contributed by atoms with van der Waals surface area (Å²) in [7, 11) is 0. The molecule has 26 heavy (non-hydrogen) atoms. The molecule has 0 spiro atoms. The second-order valence-electron chi connectivity index (χ2n) is 7.20. The summed E-state index contributed by atoms with van der Waals surface area (Å²) in [5.74, 6) is 0.0197. The number of urea groups is 1. The summed E-state index contributed by atoms with van der Waals surface area (Å²) >= 11 is 5.89. The molecule has 0 aliphatic carbocycles. The standard InChI is InChI=1S/C19H27ClN4O2/c20-15-5-7-17(8-6-15)24-14-16(13-18(24)25)22-19(26)21-9-4-12-23-10-2-1-3-11-23/h5-8,16H,1-4,9-14H2,(H2,21,22,26)/p+1/t16-/m1/s1. The average Bonchev–Trinajstić information content (AvgIpc) is 3.00. The number of anilines is 1. The van der Waals surface area contributed by atoms with Crippen LogP contribution in [0.3, 0.4) is 0 Å². The van der Waals surface area contributed by atoms with Crippen molar-refractivity contribution in [2.24, 2.45) is 0 Å². The van der Waals surface area contributed by atoms with Gasteiger partial charge in [0.1, 0.15) is 0 Å². The fourth-order valence-corrected chi connectivity index (χ4v) is 3.88. The van der Waals surface area contributed by atoms with E-state index in [-0.39, 0.29) is 18.0 Å². The fourth-order valence-electron chi connectivity index (χ4n) is 3.75. The highest BCUT2D eigenvalue weighted by Crippen LogP contribution is 2.23. The van der Waals surface area contributed by atoms with E-state index in [9.17, 15) is 9.59 Å². The van der Waals surface area contributed by atoms with Crippen LogP contribution in [0, 0.1) is 0 Å². The van der Waals surface area contributed by atoms with Gasteiger partial charge in [0, 0.05) is 36.6 Å². The molecular weight excluding hydrogens is 352 g/mol. The van der Waals surface area contributed by atoms with Gasteiger partial charge in [-0.25, -0.2) is 4.79 Å². The van der Waals surface area contributed by atoms with Crippen molar-refractivity contribution in [2.45, 2.75) is 38.1 Å². The molecule has 1 atom stereocenters. The second kappa shape index (κ2) is 9.24. The molecule has 0 unspecified atom stereocenters. The van der Waals surface area contributed by atoms with E-state index in [1.807, 2.05) is 12.1 Å². The number of quaternary nitrogens is 1. The van der Waals surface area contributed by atoms with Gasteiger partial charge < -0.3 is 20.4 Å². The Bertz CT molecular complexity index is 616. The minimum Gasteiger partial charge on any atom is -0.338 e. The molecule has 1 aromatic rings. The molecule has 2 fully saturated rings. The predicted octanol–water partition coefficient (Wildman–Crippen LogP) is 1.20. The van der Waals surface area contributed by atoms with Gasteiger partial charge in [-0.2, -0.15) is 0 Å². The van der Waals surface area contributed by atoms with Crippen molar-refractivity contribution in [1.82, 2.24) is 10.6 Å². The van der Waals surface area contributed by atoms with Gasteiger partial charge in [-0.3, -0.25) is 4.79 Å². The van der Waals surface area contributed by atoms with E-state index in [2.05, 4.69) is 10.6 Å². The van der Waals surface area contributed by atoms with Crippen LogP contribution in [0.15, 0.2) is 24.3 Å². The molecule has 0 bridgehead atoms. The molecule has 3 rings (SSSR count). The molecule has 2 aliphatic heterocycles. The number of benzene rings is 1. The van der Waals surface area contributed by atoms with Gasteiger partial charge in [0.2, 0.25) is 5.91 Å². The average molecular weight is 380 g/mol. The van der Waals surface area contributed by atoms with Gasteiger partial charge in [0.25, 0.3) is 0 Å². The molecule has 1 aromatic carbocycles. The van der Waals surface area contributed by atoms with Gasteiger partial charge in [0.15, 0.2) is 0 Å². The summed E-state index contributed by atoms with van der Waals surface area (Å²) in [6.07, 6.45) is 5.32. The van der Waals surface area contributed by atoms with Crippen molar-refractivity contribution in [1.29, 1.82) is 0 Å². The van der Waals surface area contributed by atoms with E-state index in [1.54, 1.807) is 21.9 Å². The smallest absolute Gasteiger partial charge is 0.315 e. The molecule has 2 heterocycles. The summed E-state index contributed by atoms with van der Waals surface area (Å²) < 4.78 is 0. The Morgan fingerprint density at radius 1 is 1.19 bits per heavy atom. The molecule has 2 aliphatic rings. The molecule has 0 radical (unpaired) electrons. The number of carbonyl (C=O) groups excluding carboxylic acids is 2. The maximum absolute atomic E-state index is 12.2. The first kappa shape index (κ1) is 19.0. The maximum atomic E-state index is 12.2. The van der Waals surface area contributed by atoms with E-state index in [0.717, 1.165) is 18.7 Å². The molecular formula is C19H28ClN4O2+. The monoisotopic (exact) mass is 379 g/mol. The van der Waals surface area contributed by atoms with Crippen LogP contribution in [-0.2, 0) is 4.79 Å². The fraction of sp³-hybridized carbons (Fsp3) is 0.579. The number of hydrogen-bond acceptors (Lipinski definition) is 2. The van der Waals surface area contributed by atoms with Crippen molar-refractivity contribution >= 4 is 29.2 Å². The van der Waals surface area contributed by atoms with Crippen molar-refractivity contribution in [2.75, 3.05) is 37.6 Å². The maximum Gasteiger partial charge on any atom is 0.315 e. The highest BCUT2D eigenvalue weighted by atomic mass is 35.5. The topological polar surface area (TPSA) is 65.9 Å². The van der Waals surface area contributed by atoms with Crippen LogP contribution < -0.4 is 20.4 Å². The van der Waals surface area contributed by atoms with Crippen molar-refractivity contribution in [3.63, 3.8) is 0 Å². The third-order valence-corrected chi connectivity index (χ3v) is 5.40. The molecule has 7 heteroatoms. The van der Waals surface area contributed by atoms with Gasteiger partial charge in [0.05, 0.1) is 25.7 Å². The number of amides is 3. The molecule has 0 aromatic heterocycles. The first-order valence-electron chi connectivity index (χ1n) is 9.55. The number of hydrogen-bond donors (Lipinski definition) is 3. The number of piperidine rings is 1. The highest BCUT2D eigenvalue weighted by molar-refractivity contribution is 6.30. The van der Waals surface area contributed by atoms with Crippen molar-refractivity contribution < 1.29 is 14.5 Å². The summed E-state index contributed by atoms with van der Waals surface area (Å²) in [6.45, 7) is 4.81. The van der Waals surface area contributed by atoms with Crippen LogP contribution in [0.25, 0.3) is 0 Å². The van der Waals surface area contributed by atoms with Crippen LogP contribution >= 0.6 is 11.6 Å². The Morgan fingerprint density at radius 3 is 2.65 bits per heavy atom. The SMILES string of the molecule is O=C(NCCC[NH+]1CCCCC1)N[C@@H]1CC(=O)N(c2ccc(Cl)cc2)C1. The van der Waals surface area contributed by atoms with Crippen LogP contribution in [0.2, 0.25) is 5.02 Å². The molecule has 3 amide bonds. The summed E-state index contributed by atoms with van der Waals surface area (Å²) in [5.41, 5.74) is 0.814. The molecule has 2 saturated heterocycles. The van der Waals surface area contributed by atoms with Crippen LogP contribution in [0.1, 0.15) is 32.1 Å². The van der Waals surface area contributed by atoms with Crippen LogP contribution in [0.5, 0.6) is 0 Å². The summed E-state index contributed by atoms with van der Waals surface area (Å²) in [6, 6.07) is 6.83. The number of likely N-dealkylation sites (tertiary alicyclic amines) is 1. The van der Waals surface area contributed by atoms with Gasteiger partial charge in [-0.1, -0.05) is 11.6 Å². The molecule has 6 nitrogen and oxygen atoms in total.